The van der Waals surface area contributed by atoms with Crippen molar-refractivity contribution in [3.8, 4) is 0 Å². The molecule has 0 atom stereocenters. The second kappa shape index (κ2) is 8.05. The van der Waals surface area contributed by atoms with E-state index in [1.807, 2.05) is 36.4 Å². The monoisotopic (exact) mass is 212 g/mol. The topological polar surface area (TPSA) is 42.9 Å². The Morgan fingerprint density at radius 2 is 1.00 bits per heavy atom. The minimum Gasteiger partial charge on any atom is -0.286 e. The van der Waals surface area contributed by atoms with Gasteiger partial charge in [0.1, 0.15) is 0 Å². The minimum absolute atomic E-state index is 0.241. The summed E-state index contributed by atoms with van der Waals surface area (Å²) in [6.45, 7) is 0. The molecule has 1 rings (SSSR count). The number of nitrogens with zero attached hydrogens (tertiary/aromatic N) is 2. The van der Waals surface area contributed by atoms with Gasteiger partial charge in [-0.15, -0.1) is 0 Å². The third-order valence-corrected chi connectivity index (χ3v) is 1.53. The number of hydrogen-bond acceptors (Lipinski definition) is 3. The summed E-state index contributed by atoms with van der Waals surface area (Å²) in [4.78, 5) is 18.7. The van der Waals surface area contributed by atoms with Crippen molar-refractivity contribution in [2.75, 3.05) is 0 Å². The standard InChI is InChI=1S/C13H12N2O/c16-13-11-14-9-7-5-3-1-2-4-6-8-10-15-12-13/h1-12H. The molecule has 0 saturated carbocycles. The molecular formula is C13H12N2O. The molecular weight excluding hydrogens is 200 g/mol. The Hall–Kier alpha value is -2.29. The van der Waals surface area contributed by atoms with Crippen molar-refractivity contribution in [3.05, 3.63) is 83.5 Å². The van der Waals surface area contributed by atoms with Gasteiger partial charge < -0.3 is 0 Å². The Morgan fingerprint density at radius 1 is 0.625 bits per heavy atom. The molecule has 16 heavy (non-hydrogen) atoms. The van der Waals surface area contributed by atoms with Gasteiger partial charge in [0, 0.05) is 12.4 Å². The van der Waals surface area contributed by atoms with E-state index >= 15 is 0 Å². The van der Waals surface area contributed by atoms with Gasteiger partial charge in [-0.05, 0) is 12.1 Å². The van der Waals surface area contributed by atoms with Gasteiger partial charge in [0.15, 0.2) is 0 Å². The third kappa shape index (κ3) is 6.21. The van der Waals surface area contributed by atoms with E-state index in [9.17, 15) is 4.79 Å². The molecule has 80 valence electrons. The molecule has 0 fully saturated rings. The Balaban J connectivity index is 3.17. The van der Waals surface area contributed by atoms with Crippen LogP contribution in [0.5, 0.6) is 0 Å². The lowest BCUT2D eigenvalue weighted by Gasteiger charge is -1.67. The van der Waals surface area contributed by atoms with Crippen LogP contribution in [-0.4, -0.2) is 9.97 Å². The van der Waals surface area contributed by atoms with E-state index in [1.54, 1.807) is 24.5 Å². The fourth-order valence-corrected chi connectivity index (χ4v) is 0.850. The third-order valence-electron chi connectivity index (χ3n) is 1.53. The van der Waals surface area contributed by atoms with Crippen LogP contribution in [0, 0.1) is 0 Å². The Morgan fingerprint density at radius 3 is 1.44 bits per heavy atom. The fraction of sp³-hybridized carbons (Fsp3) is 0. The van der Waals surface area contributed by atoms with Crippen LogP contribution in [0.2, 0.25) is 0 Å². The van der Waals surface area contributed by atoms with Gasteiger partial charge in [0.2, 0.25) is 5.43 Å². The molecule has 0 radical (unpaired) electrons. The summed E-state index contributed by atoms with van der Waals surface area (Å²) in [6.07, 6.45) is 5.52. The van der Waals surface area contributed by atoms with Crippen molar-refractivity contribution in [3.63, 3.8) is 0 Å². The maximum atomic E-state index is 11.1. The maximum Gasteiger partial charge on any atom is 0.214 e. The van der Waals surface area contributed by atoms with Crippen LogP contribution >= 0.6 is 0 Å². The average molecular weight is 212 g/mol. The highest BCUT2D eigenvalue weighted by atomic mass is 16.1. The van der Waals surface area contributed by atoms with E-state index in [2.05, 4.69) is 9.97 Å². The van der Waals surface area contributed by atoms with E-state index in [1.165, 1.54) is 12.4 Å². The number of aromatic nitrogens is 2. The van der Waals surface area contributed by atoms with Crippen LogP contribution < -0.4 is 5.43 Å². The van der Waals surface area contributed by atoms with E-state index in [4.69, 9.17) is 0 Å². The largest absolute Gasteiger partial charge is 0.286 e. The molecule has 0 aliphatic rings. The first-order chi connectivity index (χ1) is 7.89. The molecule has 0 N–H and O–H groups in total. The van der Waals surface area contributed by atoms with Crippen molar-refractivity contribution in [2.24, 2.45) is 0 Å². The van der Waals surface area contributed by atoms with Crippen LogP contribution in [0.15, 0.2) is 78.1 Å². The molecule has 1 heterocycles. The molecule has 0 aliphatic heterocycles. The smallest absolute Gasteiger partial charge is 0.214 e. The molecule has 0 bridgehead atoms. The molecule has 0 amide bonds. The zero-order valence-electron chi connectivity index (χ0n) is 8.73. The summed E-state index contributed by atoms with van der Waals surface area (Å²) in [5.41, 5.74) is -0.241. The zero-order valence-corrected chi connectivity index (χ0v) is 8.73. The minimum atomic E-state index is -0.241. The Kier molecular flexibility index (Phi) is 5.93. The van der Waals surface area contributed by atoms with Crippen molar-refractivity contribution < 1.29 is 0 Å². The van der Waals surface area contributed by atoms with Crippen molar-refractivity contribution in [2.45, 2.75) is 0 Å². The van der Waals surface area contributed by atoms with Crippen molar-refractivity contribution in [1.29, 1.82) is 0 Å². The lowest BCUT2D eigenvalue weighted by molar-refractivity contribution is 1.27. The van der Waals surface area contributed by atoms with Gasteiger partial charge in [-0.3, -0.25) is 14.8 Å². The van der Waals surface area contributed by atoms with Gasteiger partial charge >= 0.3 is 0 Å². The zero-order chi connectivity index (χ0) is 11.5. The predicted octanol–water partition coefficient (Wildman–Crippen LogP) is 2.09. The highest BCUT2D eigenvalue weighted by Gasteiger charge is 1.69. The van der Waals surface area contributed by atoms with Gasteiger partial charge in [0.05, 0.1) is 12.4 Å². The van der Waals surface area contributed by atoms with Gasteiger partial charge in [-0.25, -0.2) is 0 Å². The van der Waals surface area contributed by atoms with E-state index < -0.39 is 0 Å². The molecule has 0 unspecified atom stereocenters. The van der Waals surface area contributed by atoms with Crippen LogP contribution in [0.25, 0.3) is 0 Å². The summed E-state index contributed by atoms with van der Waals surface area (Å²) < 4.78 is 0. The summed E-state index contributed by atoms with van der Waals surface area (Å²) in [6, 6.07) is 14.7. The molecule has 1 aromatic rings. The summed E-state index contributed by atoms with van der Waals surface area (Å²) in [7, 11) is 0. The SMILES string of the molecule is O=c1cnccccccccccnc1. The molecule has 0 aromatic carbocycles. The molecule has 3 heteroatoms. The number of rotatable bonds is 0. The summed E-state index contributed by atoms with van der Waals surface area (Å²) >= 11 is 0. The molecule has 1 aromatic heterocycles. The van der Waals surface area contributed by atoms with E-state index in [0.717, 1.165) is 0 Å². The van der Waals surface area contributed by atoms with Gasteiger partial charge in [-0.2, -0.15) is 0 Å². The lowest BCUT2D eigenvalue weighted by Crippen LogP contribution is -1.93. The second-order valence-corrected chi connectivity index (χ2v) is 2.80. The quantitative estimate of drug-likeness (QED) is 0.661. The van der Waals surface area contributed by atoms with Crippen LogP contribution in [0.1, 0.15) is 0 Å². The molecule has 0 spiro atoms. The second-order valence-electron chi connectivity index (χ2n) is 2.80. The van der Waals surface area contributed by atoms with Crippen LogP contribution in [0.4, 0.5) is 0 Å². The van der Waals surface area contributed by atoms with E-state index in [0.29, 0.717) is 0 Å². The molecule has 0 saturated heterocycles. The maximum absolute atomic E-state index is 11.1. The van der Waals surface area contributed by atoms with Crippen LogP contribution in [-0.2, 0) is 0 Å². The molecule has 3 nitrogen and oxygen atoms in total. The normalized spacial score (nSPS) is 8.25. The Labute approximate surface area is 94.1 Å². The molecule has 0 aliphatic carbocycles. The highest BCUT2D eigenvalue weighted by Crippen LogP contribution is 1.76. The lowest BCUT2D eigenvalue weighted by atomic mass is 10.4. The average Bonchev–Trinajstić information content (AvgIpc) is 2.29. The van der Waals surface area contributed by atoms with Crippen LogP contribution in [0.3, 0.4) is 0 Å². The highest BCUT2D eigenvalue weighted by molar-refractivity contribution is 4.94. The van der Waals surface area contributed by atoms with Crippen molar-refractivity contribution >= 4 is 0 Å². The number of hydrogen-bond donors (Lipinski definition) is 0. The van der Waals surface area contributed by atoms with Crippen molar-refractivity contribution in [1.82, 2.24) is 9.97 Å². The summed E-state index contributed by atoms with van der Waals surface area (Å²) in [5, 5.41) is 0. The van der Waals surface area contributed by atoms with E-state index in [-0.39, 0.29) is 5.43 Å². The predicted molar refractivity (Wildman–Crippen MR) is 63.6 cm³/mol. The summed E-state index contributed by atoms with van der Waals surface area (Å²) in [5.74, 6) is 0. The first kappa shape index (κ1) is 11.8. The van der Waals surface area contributed by atoms with Gasteiger partial charge in [-0.1, -0.05) is 36.4 Å². The van der Waals surface area contributed by atoms with Gasteiger partial charge in [0.25, 0.3) is 0 Å². The first-order valence-electron chi connectivity index (χ1n) is 4.81. The Bertz CT molecular complexity index is 444. The fourth-order valence-electron chi connectivity index (χ4n) is 0.850. The first-order valence-corrected chi connectivity index (χ1v) is 4.81.